The van der Waals surface area contributed by atoms with Crippen molar-refractivity contribution in [2.24, 2.45) is 5.73 Å². The molecule has 3 unspecified atom stereocenters. The summed E-state index contributed by atoms with van der Waals surface area (Å²) in [6.45, 7) is 4.82. The van der Waals surface area contributed by atoms with Gasteiger partial charge in [0.15, 0.2) is 0 Å². The molecule has 0 aromatic heterocycles. The van der Waals surface area contributed by atoms with Gasteiger partial charge in [-0.3, -0.25) is 9.69 Å². The number of primary amides is 1. The lowest BCUT2D eigenvalue weighted by atomic mass is 10.2. The summed E-state index contributed by atoms with van der Waals surface area (Å²) in [7, 11) is 3.35. The fourth-order valence-electron chi connectivity index (χ4n) is 2.18. The van der Waals surface area contributed by atoms with Crippen LogP contribution in [-0.2, 0) is 14.3 Å². The van der Waals surface area contributed by atoms with Gasteiger partial charge in [-0.1, -0.05) is 6.92 Å². The molecule has 0 bridgehead atoms. The van der Waals surface area contributed by atoms with Gasteiger partial charge in [0, 0.05) is 33.9 Å². The highest BCUT2D eigenvalue weighted by Crippen LogP contribution is 2.15. The zero-order valence-corrected chi connectivity index (χ0v) is 10.8. The van der Waals surface area contributed by atoms with E-state index in [9.17, 15) is 4.79 Å². The molecule has 3 atom stereocenters. The molecule has 0 saturated carbocycles. The minimum atomic E-state index is -0.318. The van der Waals surface area contributed by atoms with Gasteiger partial charge in [0.25, 0.3) is 0 Å². The summed E-state index contributed by atoms with van der Waals surface area (Å²) in [5, 5.41) is 3.08. The zero-order chi connectivity index (χ0) is 12.8. The van der Waals surface area contributed by atoms with E-state index in [2.05, 4.69) is 10.2 Å². The molecule has 100 valence electrons. The van der Waals surface area contributed by atoms with Crippen LogP contribution >= 0.6 is 0 Å². The van der Waals surface area contributed by atoms with E-state index in [0.29, 0.717) is 6.54 Å². The lowest BCUT2D eigenvalue weighted by Gasteiger charge is -2.21. The fourth-order valence-corrected chi connectivity index (χ4v) is 2.18. The van der Waals surface area contributed by atoms with Crippen molar-refractivity contribution in [1.29, 1.82) is 0 Å². The molecule has 0 aromatic carbocycles. The Morgan fingerprint density at radius 3 is 2.29 bits per heavy atom. The molecule has 0 aliphatic carbocycles. The van der Waals surface area contributed by atoms with E-state index in [1.807, 2.05) is 6.92 Å². The van der Waals surface area contributed by atoms with Crippen LogP contribution in [0.25, 0.3) is 0 Å². The molecule has 3 N–H and O–H groups in total. The first-order valence-corrected chi connectivity index (χ1v) is 5.93. The second-order valence-electron chi connectivity index (χ2n) is 4.28. The molecule has 1 heterocycles. The first kappa shape index (κ1) is 14.4. The van der Waals surface area contributed by atoms with Crippen molar-refractivity contribution in [2.45, 2.75) is 25.2 Å². The van der Waals surface area contributed by atoms with Crippen LogP contribution < -0.4 is 11.1 Å². The predicted molar refractivity (Wildman–Crippen MR) is 64.7 cm³/mol. The Morgan fingerprint density at radius 2 is 1.94 bits per heavy atom. The number of likely N-dealkylation sites (N-methyl/N-ethyl adjacent to an activating group) is 1. The highest BCUT2D eigenvalue weighted by Gasteiger charge is 2.34. The van der Waals surface area contributed by atoms with Gasteiger partial charge < -0.3 is 20.5 Å². The third kappa shape index (κ3) is 3.92. The first-order chi connectivity index (χ1) is 8.12. The van der Waals surface area contributed by atoms with Crippen molar-refractivity contribution in [3.8, 4) is 0 Å². The Balaban J connectivity index is 2.49. The van der Waals surface area contributed by atoms with E-state index in [1.54, 1.807) is 14.2 Å². The molecular formula is C11H23N3O3. The van der Waals surface area contributed by atoms with Gasteiger partial charge in [-0.2, -0.15) is 0 Å². The molecular weight excluding hydrogens is 222 g/mol. The number of amides is 1. The number of hydrogen-bond donors (Lipinski definition) is 2. The number of nitrogens with one attached hydrogen (secondary N) is 1. The predicted octanol–water partition coefficient (Wildman–Crippen LogP) is -1.20. The molecule has 6 heteroatoms. The maximum atomic E-state index is 11.2. The zero-order valence-electron chi connectivity index (χ0n) is 10.8. The van der Waals surface area contributed by atoms with Crippen molar-refractivity contribution in [2.75, 3.05) is 40.4 Å². The summed E-state index contributed by atoms with van der Waals surface area (Å²) in [5.41, 5.74) is 5.34. The summed E-state index contributed by atoms with van der Waals surface area (Å²) in [4.78, 5) is 13.4. The van der Waals surface area contributed by atoms with Crippen LogP contribution in [0.4, 0.5) is 0 Å². The van der Waals surface area contributed by atoms with Crippen LogP contribution in [0.3, 0.4) is 0 Å². The van der Waals surface area contributed by atoms with E-state index in [0.717, 1.165) is 19.6 Å². The number of ether oxygens (including phenoxy) is 2. The smallest absolute Gasteiger partial charge is 0.235 e. The molecule has 1 saturated heterocycles. The first-order valence-electron chi connectivity index (χ1n) is 5.93. The van der Waals surface area contributed by atoms with Gasteiger partial charge in [-0.05, 0) is 6.54 Å². The van der Waals surface area contributed by atoms with E-state index >= 15 is 0 Å². The van der Waals surface area contributed by atoms with Crippen LogP contribution in [0.5, 0.6) is 0 Å². The topological polar surface area (TPSA) is 76.8 Å². The SMILES string of the molecule is CCNC(CN1CC(OC)C(OC)C1)C(N)=O. The second kappa shape index (κ2) is 6.90. The van der Waals surface area contributed by atoms with Crippen LogP contribution in [0.1, 0.15) is 6.92 Å². The monoisotopic (exact) mass is 245 g/mol. The van der Waals surface area contributed by atoms with Crippen molar-refractivity contribution in [1.82, 2.24) is 10.2 Å². The number of nitrogens with zero attached hydrogens (tertiary/aromatic N) is 1. The molecule has 1 amide bonds. The van der Waals surface area contributed by atoms with E-state index in [4.69, 9.17) is 15.2 Å². The van der Waals surface area contributed by atoms with Crippen LogP contribution in [0.2, 0.25) is 0 Å². The Morgan fingerprint density at radius 1 is 1.41 bits per heavy atom. The summed E-state index contributed by atoms with van der Waals surface area (Å²) in [6.07, 6.45) is 0.130. The summed E-state index contributed by atoms with van der Waals surface area (Å²) >= 11 is 0. The lowest BCUT2D eigenvalue weighted by Crippen LogP contribution is -2.48. The Kier molecular flexibility index (Phi) is 5.84. The van der Waals surface area contributed by atoms with Crippen molar-refractivity contribution in [3.05, 3.63) is 0 Å². The Bertz CT molecular complexity index is 238. The number of methoxy groups -OCH3 is 2. The van der Waals surface area contributed by atoms with Crippen molar-refractivity contribution < 1.29 is 14.3 Å². The van der Waals surface area contributed by atoms with E-state index in [-0.39, 0.29) is 24.2 Å². The molecule has 1 fully saturated rings. The fraction of sp³-hybridized carbons (Fsp3) is 0.909. The maximum absolute atomic E-state index is 11.2. The lowest BCUT2D eigenvalue weighted by molar-refractivity contribution is -0.120. The maximum Gasteiger partial charge on any atom is 0.235 e. The van der Waals surface area contributed by atoms with Gasteiger partial charge in [0.1, 0.15) is 0 Å². The normalized spacial score (nSPS) is 27.2. The number of carbonyl (C=O) groups is 1. The number of nitrogens with two attached hydrogens (primary N) is 1. The molecule has 1 aliphatic heterocycles. The van der Waals surface area contributed by atoms with E-state index in [1.165, 1.54) is 0 Å². The van der Waals surface area contributed by atoms with Crippen LogP contribution in [0, 0.1) is 0 Å². The summed E-state index contributed by atoms with van der Waals surface area (Å²) < 4.78 is 10.7. The quantitative estimate of drug-likeness (QED) is 0.589. The standard InChI is InChI=1S/C11H23N3O3/c1-4-13-8(11(12)15)5-14-6-9(16-2)10(7-14)17-3/h8-10,13H,4-7H2,1-3H3,(H2,12,15). The van der Waals surface area contributed by atoms with Gasteiger partial charge in [0.2, 0.25) is 5.91 Å². The van der Waals surface area contributed by atoms with Gasteiger partial charge in [-0.15, -0.1) is 0 Å². The molecule has 0 aromatic rings. The minimum absolute atomic E-state index is 0.0650. The third-order valence-corrected chi connectivity index (χ3v) is 3.13. The van der Waals surface area contributed by atoms with Crippen molar-refractivity contribution in [3.63, 3.8) is 0 Å². The molecule has 0 spiro atoms. The number of rotatable bonds is 7. The highest BCUT2D eigenvalue weighted by atomic mass is 16.5. The largest absolute Gasteiger partial charge is 0.377 e. The van der Waals surface area contributed by atoms with Gasteiger partial charge >= 0.3 is 0 Å². The molecule has 6 nitrogen and oxygen atoms in total. The average molecular weight is 245 g/mol. The second-order valence-corrected chi connectivity index (χ2v) is 4.28. The van der Waals surface area contributed by atoms with Gasteiger partial charge in [0.05, 0.1) is 18.2 Å². The number of likely N-dealkylation sites (tertiary alicyclic amines) is 1. The van der Waals surface area contributed by atoms with Crippen LogP contribution in [-0.4, -0.2) is 69.5 Å². The third-order valence-electron chi connectivity index (χ3n) is 3.13. The molecule has 17 heavy (non-hydrogen) atoms. The molecule has 1 aliphatic rings. The number of hydrogen-bond acceptors (Lipinski definition) is 5. The minimum Gasteiger partial charge on any atom is -0.377 e. The molecule has 1 rings (SSSR count). The average Bonchev–Trinajstić information content (AvgIpc) is 2.70. The summed E-state index contributed by atoms with van der Waals surface area (Å²) in [5.74, 6) is -0.318. The number of carbonyl (C=O) groups excluding carboxylic acids is 1. The highest BCUT2D eigenvalue weighted by molar-refractivity contribution is 5.80. The molecule has 0 radical (unpaired) electrons. The Labute approximate surface area is 102 Å². The van der Waals surface area contributed by atoms with E-state index < -0.39 is 0 Å². The summed E-state index contributed by atoms with van der Waals surface area (Å²) in [6, 6.07) is -0.312. The van der Waals surface area contributed by atoms with Gasteiger partial charge in [-0.25, -0.2) is 0 Å². The van der Waals surface area contributed by atoms with Crippen LogP contribution in [0.15, 0.2) is 0 Å². The van der Waals surface area contributed by atoms with Crippen molar-refractivity contribution >= 4 is 5.91 Å². The Hall–Kier alpha value is -0.690.